The van der Waals surface area contributed by atoms with E-state index in [2.05, 4.69) is 10.3 Å². The molecule has 0 atom stereocenters. The molecule has 102 valence electrons. The fourth-order valence-corrected chi connectivity index (χ4v) is 1.64. The number of rotatable bonds is 3. The highest BCUT2D eigenvalue weighted by Gasteiger charge is 2.12. The fourth-order valence-electron chi connectivity index (χ4n) is 1.64. The van der Waals surface area contributed by atoms with Crippen molar-refractivity contribution in [2.24, 2.45) is 0 Å². The normalized spacial score (nSPS) is 10.1. The van der Waals surface area contributed by atoms with Crippen molar-refractivity contribution in [1.29, 1.82) is 0 Å². The van der Waals surface area contributed by atoms with Crippen molar-refractivity contribution in [2.75, 3.05) is 5.32 Å². The molecule has 7 heteroatoms. The molecule has 0 radical (unpaired) electrons. The molecule has 0 aliphatic carbocycles. The fraction of sp³-hybridized carbons (Fsp3) is 0.0769. The van der Waals surface area contributed by atoms with Gasteiger partial charge in [-0.25, -0.2) is 0 Å². The Morgan fingerprint density at radius 3 is 2.70 bits per heavy atom. The van der Waals surface area contributed by atoms with E-state index in [0.717, 1.165) is 6.07 Å². The first-order valence-electron chi connectivity index (χ1n) is 5.72. The Kier molecular flexibility index (Phi) is 3.60. The number of amides is 1. The number of aryl methyl sites for hydroxylation is 1. The van der Waals surface area contributed by atoms with Crippen LogP contribution in [0.2, 0.25) is 0 Å². The number of aromatic nitrogens is 1. The predicted molar refractivity (Wildman–Crippen MR) is 72.8 cm³/mol. The van der Waals surface area contributed by atoms with Gasteiger partial charge in [0.05, 0.1) is 10.6 Å². The van der Waals surface area contributed by atoms with E-state index in [1.165, 1.54) is 24.4 Å². The van der Waals surface area contributed by atoms with Gasteiger partial charge >= 0.3 is 0 Å². The predicted octanol–water partition coefficient (Wildman–Crippen LogP) is 1.84. The Hall–Kier alpha value is -2.96. The van der Waals surface area contributed by atoms with Crippen molar-refractivity contribution < 1.29 is 9.72 Å². The zero-order valence-corrected chi connectivity index (χ0v) is 10.5. The maximum absolute atomic E-state index is 12.0. The van der Waals surface area contributed by atoms with Crippen LogP contribution in [0, 0.1) is 17.0 Å². The van der Waals surface area contributed by atoms with E-state index in [4.69, 9.17) is 0 Å². The molecule has 0 spiro atoms. The van der Waals surface area contributed by atoms with Gasteiger partial charge in [0.2, 0.25) is 5.56 Å². The Morgan fingerprint density at radius 1 is 1.30 bits per heavy atom. The van der Waals surface area contributed by atoms with Crippen LogP contribution in [0.25, 0.3) is 0 Å². The third kappa shape index (κ3) is 2.89. The lowest BCUT2D eigenvalue weighted by Gasteiger charge is -2.07. The first kappa shape index (κ1) is 13.5. The quantitative estimate of drug-likeness (QED) is 0.657. The second-order valence-corrected chi connectivity index (χ2v) is 4.15. The summed E-state index contributed by atoms with van der Waals surface area (Å²) in [6, 6.07) is 6.79. The number of carbonyl (C=O) groups excluding carboxylic acids is 1. The largest absolute Gasteiger partial charge is 0.329 e. The number of nitro groups is 1. The van der Waals surface area contributed by atoms with Gasteiger partial charge in [-0.15, -0.1) is 0 Å². The van der Waals surface area contributed by atoms with Crippen LogP contribution < -0.4 is 10.9 Å². The Bertz CT molecular complexity index is 736. The van der Waals surface area contributed by atoms with Crippen LogP contribution in [-0.4, -0.2) is 15.8 Å². The number of H-pyrrole nitrogens is 1. The van der Waals surface area contributed by atoms with Crippen molar-refractivity contribution >= 4 is 17.3 Å². The molecule has 0 bridgehead atoms. The summed E-state index contributed by atoms with van der Waals surface area (Å²) in [7, 11) is 0. The molecule has 1 aromatic carbocycles. The van der Waals surface area contributed by atoms with Crippen molar-refractivity contribution in [2.45, 2.75) is 6.92 Å². The van der Waals surface area contributed by atoms with Crippen molar-refractivity contribution in [3.8, 4) is 0 Å². The third-order valence-electron chi connectivity index (χ3n) is 2.72. The highest BCUT2D eigenvalue weighted by molar-refractivity contribution is 6.04. The zero-order valence-electron chi connectivity index (χ0n) is 10.5. The Labute approximate surface area is 113 Å². The second kappa shape index (κ2) is 5.35. The Morgan fingerprint density at radius 2 is 2.05 bits per heavy atom. The maximum atomic E-state index is 12.0. The summed E-state index contributed by atoms with van der Waals surface area (Å²) < 4.78 is 0. The third-order valence-corrected chi connectivity index (χ3v) is 2.72. The molecule has 2 aromatic rings. The number of benzene rings is 1. The van der Waals surface area contributed by atoms with Gasteiger partial charge in [0.1, 0.15) is 0 Å². The van der Waals surface area contributed by atoms with E-state index >= 15 is 0 Å². The van der Waals surface area contributed by atoms with Crippen LogP contribution in [0.3, 0.4) is 0 Å². The molecular formula is C13H11N3O4. The summed E-state index contributed by atoms with van der Waals surface area (Å²) >= 11 is 0. The van der Waals surface area contributed by atoms with Gasteiger partial charge in [-0.3, -0.25) is 19.7 Å². The van der Waals surface area contributed by atoms with Crippen LogP contribution >= 0.6 is 0 Å². The molecule has 7 nitrogen and oxygen atoms in total. The lowest BCUT2D eigenvalue weighted by atomic mass is 10.1. The topological polar surface area (TPSA) is 105 Å². The minimum atomic E-state index is -0.539. The van der Waals surface area contributed by atoms with Gasteiger partial charge in [0.25, 0.3) is 11.6 Å². The minimum Gasteiger partial charge on any atom is -0.329 e. The van der Waals surface area contributed by atoms with Gasteiger partial charge in [-0.1, -0.05) is 6.07 Å². The van der Waals surface area contributed by atoms with Crippen molar-refractivity contribution in [3.05, 3.63) is 68.1 Å². The molecule has 0 fully saturated rings. The molecule has 0 aliphatic rings. The molecule has 0 saturated heterocycles. The molecule has 1 amide bonds. The summed E-state index contributed by atoms with van der Waals surface area (Å²) in [6.07, 6.45) is 1.36. The first-order chi connectivity index (χ1) is 9.47. The standard InChI is InChI=1S/C13H11N3O4/c1-8-2-3-10(16(19)20)7-11(8)15-13(18)9-4-5-14-12(17)6-9/h2-7H,1H3,(H,14,17)(H,15,18). The molecule has 2 rings (SSSR count). The lowest BCUT2D eigenvalue weighted by molar-refractivity contribution is -0.384. The minimum absolute atomic E-state index is 0.114. The van der Waals surface area contributed by atoms with Crippen molar-refractivity contribution in [1.82, 2.24) is 4.98 Å². The van der Waals surface area contributed by atoms with E-state index in [1.54, 1.807) is 13.0 Å². The molecule has 20 heavy (non-hydrogen) atoms. The monoisotopic (exact) mass is 273 g/mol. The molecule has 1 heterocycles. The average molecular weight is 273 g/mol. The first-order valence-corrected chi connectivity index (χ1v) is 5.72. The Balaban J connectivity index is 2.30. The van der Waals surface area contributed by atoms with Gasteiger partial charge in [0.15, 0.2) is 0 Å². The van der Waals surface area contributed by atoms with Crippen LogP contribution in [0.5, 0.6) is 0 Å². The van der Waals surface area contributed by atoms with Gasteiger partial charge in [-0.2, -0.15) is 0 Å². The number of nitrogens with one attached hydrogen (secondary N) is 2. The number of carbonyl (C=O) groups is 1. The molecule has 1 aromatic heterocycles. The maximum Gasteiger partial charge on any atom is 0.271 e. The molecule has 0 unspecified atom stereocenters. The van der Waals surface area contributed by atoms with Crippen LogP contribution in [-0.2, 0) is 0 Å². The SMILES string of the molecule is Cc1ccc([N+](=O)[O-])cc1NC(=O)c1cc[nH]c(=O)c1. The number of nitro benzene ring substituents is 1. The summed E-state index contributed by atoms with van der Waals surface area (Å²) in [5, 5.41) is 13.3. The summed E-state index contributed by atoms with van der Waals surface area (Å²) in [5.41, 5.74) is 0.697. The van der Waals surface area contributed by atoms with Crippen molar-refractivity contribution in [3.63, 3.8) is 0 Å². The van der Waals surface area contributed by atoms with Gasteiger partial charge in [0, 0.05) is 30.0 Å². The molecule has 2 N–H and O–H groups in total. The van der Waals surface area contributed by atoms with E-state index < -0.39 is 16.4 Å². The summed E-state index contributed by atoms with van der Waals surface area (Å²) in [4.78, 5) is 35.7. The molecule has 0 aliphatic heterocycles. The average Bonchev–Trinajstić information content (AvgIpc) is 2.41. The number of aromatic amines is 1. The number of hydrogen-bond donors (Lipinski definition) is 2. The molecule has 0 saturated carbocycles. The highest BCUT2D eigenvalue weighted by Crippen LogP contribution is 2.22. The number of anilines is 1. The number of non-ortho nitro benzene ring substituents is 1. The molecular weight excluding hydrogens is 262 g/mol. The second-order valence-electron chi connectivity index (χ2n) is 4.15. The van der Waals surface area contributed by atoms with E-state index in [9.17, 15) is 19.7 Å². The van der Waals surface area contributed by atoms with Gasteiger partial charge < -0.3 is 10.3 Å². The number of nitrogens with zero attached hydrogens (tertiary/aromatic N) is 1. The van der Waals surface area contributed by atoms with E-state index in [1.807, 2.05) is 0 Å². The smallest absolute Gasteiger partial charge is 0.271 e. The van der Waals surface area contributed by atoms with Gasteiger partial charge in [-0.05, 0) is 18.6 Å². The highest BCUT2D eigenvalue weighted by atomic mass is 16.6. The number of hydrogen-bond acceptors (Lipinski definition) is 4. The van der Waals surface area contributed by atoms with Crippen LogP contribution in [0.1, 0.15) is 15.9 Å². The summed E-state index contributed by atoms with van der Waals surface area (Å²) in [5.74, 6) is -0.500. The number of pyridine rings is 1. The van der Waals surface area contributed by atoms with E-state index in [0.29, 0.717) is 11.3 Å². The van der Waals surface area contributed by atoms with Crippen LogP contribution in [0.4, 0.5) is 11.4 Å². The van der Waals surface area contributed by atoms with E-state index in [-0.39, 0.29) is 11.3 Å². The summed E-state index contributed by atoms with van der Waals surface area (Å²) in [6.45, 7) is 1.72. The van der Waals surface area contributed by atoms with Crippen LogP contribution in [0.15, 0.2) is 41.3 Å². The lowest BCUT2D eigenvalue weighted by Crippen LogP contribution is -2.16. The zero-order chi connectivity index (χ0) is 14.7.